The second kappa shape index (κ2) is 9.40. The smallest absolute Gasteiger partial charge is 0.316 e. The van der Waals surface area contributed by atoms with Crippen molar-refractivity contribution in [3.63, 3.8) is 0 Å². The number of likely N-dealkylation sites (N-methyl/N-ethyl adjacent to an activating group) is 1. The molecule has 32 heavy (non-hydrogen) atoms. The van der Waals surface area contributed by atoms with Crippen LogP contribution >= 0.6 is 11.8 Å². The first kappa shape index (κ1) is 21.8. The Morgan fingerprint density at radius 3 is 2.75 bits per heavy atom. The lowest BCUT2D eigenvalue weighted by atomic mass is 10.1. The molecule has 164 valence electrons. The van der Waals surface area contributed by atoms with Crippen LogP contribution in [0.25, 0.3) is 22.1 Å². The van der Waals surface area contributed by atoms with Crippen LogP contribution in [0.2, 0.25) is 0 Å². The van der Waals surface area contributed by atoms with Gasteiger partial charge in [-0.1, -0.05) is 47.7 Å². The van der Waals surface area contributed by atoms with Crippen molar-refractivity contribution in [2.24, 2.45) is 0 Å². The van der Waals surface area contributed by atoms with E-state index in [0.29, 0.717) is 28.3 Å². The van der Waals surface area contributed by atoms with Gasteiger partial charge < -0.3 is 14.1 Å². The Kier molecular flexibility index (Phi) is 6.41. The number of amides is 1. The fourth-order valence-electron chi connectivity index (χ4n) is 3.39. The van der Waals surface area contributed by atoms with Gasteiger partial charge in [0.1, 0.15) is 22.5 Å². The number of para-hydroxylation sites is 1. The second-order valence-electron chi connectivity index (χ2n) is 7.58. The van der Waals surface area contributed by atoms with Gasteiger partial charge in [0.05, 0.1) is 5.75 Å². The summed E-state index contributed by atoms with van der Waals surface area (Å²) in [6.07, 6.45) is 1.45. The normalized spacial score (nSPS) is 11.1. The molecule has 0 atom stereocenters. The van der Waals surface area contributed by atoms with E-state index in [-0.39, 0.29) is 18.3 Å². The van der Waals surface area contributed by atoms with Crippen LogP contribution in [-0.4, -0.2) is 46.2 Å². The van der Waals surface area contributed by atoms with Crippen LogP contribution in [0.4, 0.5) is 0 Å². The standard InChI is InChI=1S/C24H23N3O4S/c1-15-8-9-17(16(2)10-15)11-27(3)20(28)12-30-21(29)13-32-24-23-22(25-14-26-24)18-6-4-5-7-19(18)31-23/h4-10,14H,11-13H2,1-3H3. The number of thioether (sulfide) groups is 1. The van der Waals surface area contributed by atoms with Gasteiger partial charge in [-0.2, -0.15) is 0 Å². The molecule has 2 heterocycles. The maximum absolute atomic E-state index is 12.4. The zero-order valence-electron chi connectivity index (χ0n) is 18.1. The van der Waals surface area contributed by atoms with Crippen LogP contribution < -0.4 is 0 Å². The molecule has 2 aromatic carbocycles. The van der Waals surface area contributed by atoms with Gasteiger partial charge in [-0.3, -0.25) is 9.59 Å². The minimum Gasteiger partial charge on any atom is -0.455 e. The molecule has 0 aliphatic rings. The van der Waals surface area contributed by atoms with Gasteiger partial charge in [-0.05, 0) is 37.1 Å². The topological polar surface area (TPSA) is 85.5 Å². The summed E-state index contributed by atoms with van der Waals surface area (Å²) in [5.74, 6) is -0.742. The molecular weight excluding hydrogens is 426 g/mol. The highest BCUT2D eigenvalue weighted by molar-refractivity contribution is 8.00. The van der Waals surface area contributed by atoms with Crippen LogP contribution in [-0.2, 0) is 20.9 Å². The third kappa shape index (κ3) is 4.75. The summed E-state index contributed by atoms with van der Waals surface area (Å²) >= 11 is 1.19. The van der Waals surface area contributed by atoms with Crippen molar-refractivity contribution >= 4 is 45.7 Å². The second-order valence-corrected chi connectivity index (χ2v) is 8.55. The SMILES string of the molecule is Cc1ccc(CN(C)C(=O)COC(=O)CSc2ncnc3c2oc2ccccc23)c(C)c1. The number of ether oxygens (including phenoxy) is 1. The predicted molar refractivity (Wildman–Crippen MR) is 123 cm³/mol. The summed E-state index contributed by atoms with van der Waals surface area (Å²) in [6.45, 7) is 4.21. The van der Waals surface area contributed by atoms with E-state index < -0.39 is 5.97 Å². The lowest BCUT2D eigenvalue weighted by molar-refractivity contribution is -0.149. The monoisotopic (exact) mass is 449 g/mol. The van der Waals surface area contributed by atoms with Crippen LogP contribution in [0.5, 0.6) is 0 Å². The number of esters is 1. The molecule has 0 radical (unpaired) electrons. The van der Waals surface area contributed by atoms with E-state index in [1.807, 2.05) is 50.2 Å². The minimum atomic E-state index is -0.494. The van der Waals surface area contributed by atoms with Crippen LogP contribution in [0.3, 0.4) is 0 Å². The third-order valence-corrected chi connectivity index (χ3v) is 6.08. The average Bonchev–Trinajstić information content (AvgIpc) is 3.17. The van der Waals surface area contributed by atoms with E-state index >= 15 is 0 Å². The van der Waals surface area contributed by atoms with Crippen molar-refractivity contribution in [2.75, 3.05) is 19.4 Å². The molecule has 4 rings (SSSR count). The highest BCUT2D eigenvalue weighted by Gasteiger charge is 2.17. The number of fused-ring (bicyclic) bond motifs is 3. The Labute approximate surface area is 189 Å². The van der Waals surface area contributed by atoms with Gasteiger partial charge in [-0.15, -0.1) is 0 Å². The molecule has 8 heteroatoms. The fraction of sp³-hybridized carbons (Fsp3) is 0.250. The summed E-state index contributed by atoms with van der Waals surface area (Å²) in [7, 11) is 1.70. The molecule has 0 N–H and O–H groups in total. The van der Waals surface area contributed by atoms with Gasteiger partial charge in [0.25, 0.3) is 5.91 Å². The Hall–Kier alpha value is -3.39. The molecule has 4 aromatic rings. The molecule has 7 nitrogen and oxygen atoms in total. The number of rotatable bonds is 7. The van der Waals surface area contributed by atoms with Crippen molar-refractivity contribution < 1.29 is 18.7 Å². The fourth-order valence-corrected chi connectivity index (χ4v) is 4.12. The number of furan rings is 1. The quantitative estimate of drug-likeness (QED) is 0.236. The lowest BCUT2D eigenvalue weighted by Crippen LogP contribution is -2.31. The number of aryl methyl sites for hydroxylation is 2. The van der Waals surface area contributed by atoms with E-state index in [4.69, 9.17) is 9.15 Å². The summed E-state index contributed by atoms with van der Waals surface area (Å²) in [5.41, 5.74) is 5.32. The van der Waals surface area contributed by atoms with E-state index in [1.165, 1.54) is 23.7 Å². The predicted octanol–water partition coefficient (Wildman–Crippen LogP) is 4.29. The van der Waals surface area contributed by atoms with Gasteiger partial charge in [0.15, 0.2) is 12.2 Å². The maximum Gasteiger partial charge on any atom is 0.316 e. The Morgan fingerprint density at radius 2 is 1.94 bits per heavy atom. The van der Waals surface area contributed by atoms with Gasteiger partial charge in [-0.25, -0.2) is 9.97 Å². The lowest BCUT2D eigenvalue weighted by Gasteiger charge is -2.18. The molecule has 0 aliphatic carbocycles. The molecule has 0 saturated heterocycles. The number of hydrogen-bond acceptors (Lipinski definition) is 7. The van der Waals surface area contributed by atoms with E-state index in [1.54, 1.807) is 11.9 Å². The van der Waals surface area contributed by atoms with Gasteiger partial charge in [0, 0.05) is 19.0 Å². The summed E-state index contributed by atoms with van der Waals surface area (Å²) < 4.78 is 11.0. The number of hydrogen-bond donors (Lipinski definition) is 0. The van der Waals surface area contributed by atoms with Crippen molar-refractivity contribution in [2.45, 2.75) is 25.4 Å². The summed E-state index contributed by atoms with van der Waals surface area (Å²) in [6, 6.07) is 13.7. The van der Waals surface area contributed by atoms with Crippen molar-refractivity contribution in [1.29, 1.82) is 0 Å². The van der Waals surface area contributed by atoms with Crippen molar-refractivity contribution in [3.8, 4) is 0 Å². The van der Waals surface area contributed by atoms with Gasteiger partial charge in [0.2, 0.25) is 0 Å². The number of carbonyl (C=O) groups excluding carboxylic acids is 2. The molecule has 2 aromatic heterocycles. The maximum atomic E-state index is 12.4. The molecular formula is C24H23N3O4S. The molecule has 1 amide bonds. The van der Waals surface area contributed by atoms with E-state index in [2.05, 4.69) is 16.0 Å². The van der Waals surface area contributed by atoms with Gasteiger partial charge >= 0.3 is 5.97 Å². The van der Waals surface area contributed by atoms with Crippen LogP contribution in [0, 0.1) is 13.8 Å². The Balaban J connectivity index is 1.32. The highest BCUT2D eigenvalue weighted by atomic mass is 32.2. The van der Waals surface area contributed by atoms with Crippen molar-refractivity contribution in [1.82, 2.24) is 14.9 Å². The molecule has 0 aliphatic heterocycles. The summed E-state index contributed by atoms with van der Waals surface area (Å²) in [5, 5.41) is 1.45. The average molecular weight is 450 g/mol. The largest absolute Gasteiger partial charge is 0.455 e. The first-order valence-corrected chi connectivity index (χ1v) is 11.1. The Bertz CT molecular complexity index is 1300. The van der Waals surface area contributed by atoms with Crippen LogP contribution in [0.15, 0.2) is 58.2 Å². The zero-order chi connectivity index (χ0) is 22.7. The molecule has 0 saturated carbocycles. The number of benzene rings is 2. The molecule has 0 bridgehead atoms. The molecule has 0 fully saturated rings. The minimum absolute atomic E-state index is 0.0111. The zero-order valence-corrected chi connectivity index (χ0v) is 18.9. The highest BCUT2D eigenvalue weighted by Crippen LogP contribution is 2.32. The molecule has 0 unspecified atom stereocenters. The Morgan fingerprint density at radius 1 is 1.12 bits per heavy atom. The van der Waals surface area contributed by atoms with E-state index in [9.17, 15) is 9.59 Å². The van der Waals surface area contributed by atoms with Crippen LogP contribution in [0.1, 0.15) is 16.7 Å². The number of nitrogens with zero attached hydrogens (tertiary/aromatic N) is 3. The van der Waals surface area contributed by atoms with Crippen molar-refractivity contribution in [3.05, 3.63) is 65.5 Å². The first-order valence-electron chi connectivity index (χ1n) is 10.1. The summed E-state index contributed by atoms with van der Waals surface area (Å²) in [4.78, 5) is 34.7. The third-order valence-electron chi connectivity index (χ3n) is 5.14. The number of carbonyl (C=O) groups is 2. The first-order chi connectivity index (χ1) is 15.4. The van der Waals surface area contributed by atoms with E-state index in [0.717, 1.165) is 16.5 Å². The molecule has 0 spiro atoms. The number of aromatic nitrogens is 2.